The third-order valence-electron chi connectivity index (χ3n) is 7.95. The van der Waals surface area contributed by atoms with Crippen molar-refractivity contribution in [2.45, 2.75) is 51.8 Å². The Balaban J connectivity index is 1.31. The highest BCUT2D eigenvalue weighted by molar-refractivity contribution is 5.86. The van der Waals surface area contributed by atoms with Gasteiger partial charge in [0, 0.05) is 17.3 Å². The van der Waals surface area contributed by atoms with Gasteiger partial charge < -0.3 is 24.4 Å². The van der Waals surface area contributed by atoms with Crippen LogP contribution in [0.5, 0.6) is 0 Å². The highest BCUT2D eigenvalue weighted by atomic mass is 16.3. The molecule has 0 amide bonds. The summed E-state index contributed by atoms with van der Waals surface area (Å²) in [5.74, 6) is 0. The minimum Gasteiger partial charge on any atom is -0.382 e. The first-order valence-electron chi connectivity index (χ1n) is 12.0. The number of hydrogen-bond donors (Lipinski definition) is 4. The first kappa shape index (κ1) is 19.6. The maximum atomic E-state index is 10.9. The Kier molecular flexibility index (Phi) is 5.41. The zero-order chi connectivity index (χ0) is 20.0. The van der Waals surface area contributed by atoms with Crippen molar-refractivity contribution < 1.29 is 19.8 Å². The van der Waals surface area contributed by atoms with Crippen LogP contribution >= 0.6 is 0 Å². The molecule has 29 heavy (non-hydrogen) atoms. The predicted molar refractivity (Wildman–Crippen MR) is 116 cm³/mol. The zero-order valence-corrected chi connectivity index (χ0v) is 18.3. The molecule has 1 saturated heterocycles. The zero-order valence-electron chi connectivity index (χ0n) is 18.3. The molecule has 3 heterocycles. The molecule has 4 N–H and O–H groups in total. The van der Waals surface area contributed by atoms with Gasteiger partial charge in [-0.2, -0.15) is 0 Å². The summed E-state index contributed by atoms with van der Waals surface area (Å²) >= 11 is 0. The van der Waals surface area contributed by atoms with Crippen molar-refractivity contribution in [3.05, 3.63) is 35.0 Å². The van der Waals surface area contributed by atoms with E-state index in [2.05, 4.69) is 36.6 Å². The van der Waals surface area contributed by atoms with Crippen molar-refractivity contribution in [3.63, 3.8) is 0 Å². The van der Waals surface area contributed by atoms with Gasteiger partial charge in [0.15, 0.2) is 6.10 Å². The van der Waals surface area contributed by atoms with Crippen molar-refractivity contribution in [2.75, 3.05) is 52.4 Å². The molecule has 1 fully saturated rings. The molecule has 158 valence electrons. The number of hydrogen-bond acceptors (Lipinski definition) is 1. The lowest BCUT2D eigenvalue weighted by Gasteiger charge is -2.38. The molecule has 1 aliphatic carbocycles. The molecule has 0 saturated carbocycles. The Hall–Kier alpha value is -1.40. The first-order chi connectivity index (χ1) is 14.1. The quantitative estimate of drug-likeness (QED) is 0.480. The number of rotatable bonds is 5. The van der Waals surface area contributed by atoms with Crippen LogP contribution in [0, 0.1) is 6.92 Å². The van der Waals surface area contributed by atoms with Crippen LogP contribution in [0.1, 0.15) is 42.6 Å². The average molecular weight is 400 g/mol. The minimum absolute atomic E-state index is 0.174. The molecule has 1 aromatic carbocycles. The molecule has 2 aromatic rings. The Morgan fingerprint density at radius 2 is 1.90 bits per heavy atom. The predicted octanol–water partition coefficient (Wildman–Crippen LogP) is -1.61. The summed E-state index contributed by atoms with van der Waals surface area (Å²) in [5, 5.41) is 12.4. The maximum Gasteiger partial charge on any atom is 0.152 e. The van der Waals surface area contributed by atoms with Crippen molar-refractivity contribution in [2.24, 2.45) is 0 Å². The normalized spacial score (nSPS) is 30.3. The topological polar surface area (TPSA) is 38.5 Å². The number of likely N-dealkylation sites (N-methyl/N-ethyl adjacent to an activating group) is 1. The van der Waals surface area contributed by atoms with E-state index in [-0.39, 0.29) is 6.10 Å². The monoisotopic (exact) mass is 399 g/mol. The molecule has 0 bridgehead atoms. The Bertz CT molecular complexity index is 867. The SMILES string of the molecule is CC[NH+]1CC[NH+](C[C@H](O)C[NH+]2CCn3c4c(c5cc(C)ccc53)CCC[C@@H]42)CC1. The number of benzene rings is 1. The number of aromatic nitrogens is 1. The lowest BCUT2D eigenvalue weighted by molar-refractivity contribution is -1.01. The van der Waals surface area contributed by atoms with E-state index < -0.39 is 0 Å². The summed E-state index contributed by atoms with van der Waals surface area (Å²) in [6.07, 6.45) is 3.61. The summed E-state index contributed by atoms with van der Waals surface area (Å²) in [6, 6.07) is 7.57. The van der Waals surface area contributed by atoms with Gasteiger partial charge in [-0.1, -0.05) is 11.6 Å². The lowest BCUT2D eigenvalue weighted by Crippen LogP contribution is -3.28. The van der Waals surface area contributed by atoms with Crippen molar-refractivity contribution in [1.29, 1.82) is 0 Å². The fourth-order valence-corrected chi connectivity index (χ4v) is 6.37. The molecule has 2 aliphatic heterocycles. The van der Waals surface area contributed by atoms with E-state index >= 15 is 0 Å². The largest absolute Gasteiger partial charge is 0.382 e. The molecule has 5 rings (SSSR count). The number of quaternary nitrogens is 3. The van der Waals surface area contributed by atoms with Gasteiger partial charge in [-0.3, -0.25) is 0 Å². The van der Waals surface area contributed by atoms with Crippen LogP contribution in [0.25, 0.3) is 10.9 Å². The second kappa shape index (κ2) is 8.03. The summed E-state index contributed by atoms with van der Waals surface area (Å²) in [7, 11) is 0. The smallest absolute Gasteiger partial charge is 0.152 e. The van der Waals surface area contributed by atoms with Crippen molar-refractivity contribution >= 4 is 10.9 Å². The third-order valence-corrected chi connectivity index (χ3v) is 7.95. The fraction of sp³-hybridized carbons (Fsp3) is 0.667. The molecule has 5 nitrogen and oxygen atoms in total. The van der Waals surface area contributed by atoms with E-state index in [0.29, 0.717) is 6.04 Å². The molecule has 1 aromatic heterocycles. The maximum absolute atomic E-state index is 10.9. The van der Waals surface area contributed by atoms with Gasteiger partial charge in [0.1, 0.15) is 45.3 Å². The minimum atomic E-state index is -0.174. The van der Waals surface area contributed by atoms with Gasteiger partial charge in [-0.15, -0.1) is 0 Å². The fourth-order valence-electron chi connectivity index (χ4n) is 6.37. The van der Waals surface area contributed by atoms with Gasteiger partial charge >= 0.3 is 0 Å². The number of aliphatic hydroxyl groups excluding tert-OH is 1. The van der Waals surface area contributed by atoms with Crippen LogP contribution in [0.3, 0.4) is 0 Å². The molecule has 0 spiro atoms. The molecule has 1 unspecified atom stereocenters. The number of aryl methyl sites for hydroxylation is 2. The summed E-state index contributed by atoms with van der Waals surface area (Å²) in [4.78, 5) is 4.96. The van der Waals surface area contributed by atoms with Crippen LogP contribution in [-0.4, -0.2) is 68.1 Å². The van der Waals surface area contributed by atoms with E-state index in [4.69, 9.17) is 0 Å². The van der Waals surface area contributed by atoms with Crippen LogP contribution in [-0.2, 0) is 13.0 Å². The van der Waals surface area contributed by atoms with E-state index in [9.17, 15) is 5.11 Å². The second-order valence-corrected chi connectivity index (χ2v) is 9.80. The molecular formula is C24H39N4O+3. The number of nitrogens with one attached hydrogen (secondary N) is 3. The summed E-state index contributed by atoms with van der Waals surface area (Å²) in [5.41, 5.74) is 6.01. The van der Waals surface area contributed by atoms with Crippen LogP contribution in [0.2, 0.25) is 0 Å². The molecular weight excluding hydrogens is 360 g/mol. The standard InChI is InChI=1S/C24H36N4O/c1-3-25-9-11-26(12-10-25)16-19(29)17-27-13-14-28-22-8-7-18(2)15-21(22)20-5-4-6-23(27)24(20)28/h7-8,15,19,23,29H,3-6,9-14,16-17H2,1-2H3/p+3/t19-,23-/m0/s1. The van der Waals surface area contributed by atoms with Crippen LogP contribution in [0.15, 0.2) is 18.2 Å². The highest BCUT2D eigenvalue weighted by Gasteiger charge is 2.39. The van der Waals surface area contributed by atoms with Crippen molar-refractivity contribution in [1.82, 2.24) is 4.57 Å². The molecule has 3 aliphatic rings. The number of aliphatic hydroxyl groups is 1. The van der Waals surface area contributed by atoms with Gasteiger partial charge in [-0.25, -0.2) is 0 Å². The number of fused-ring (bicyclic) bond motifs is 3. The third kappa shape index (κ3) is 3.63. The molecule has 3 atom stereocenters. The van der Waals surface area contributed by atoms with E-state index in [0.717, 1.165) is 26.2 Å². The second-order valence-electron chi connectivity index (χ2n) is 9.80. The number of piperazine rings is 1. The Morgan fingerprint density at radius 1 is 1.10 bits per heavy atom. The van der Waals surface area contributed by atoms with Gasteiger partial charge in [0.25, 0.3) is 0 Å². The van der Waals surface area contributed by atoms with Gasteiger partial charge in [0.05, 0.1) is 25.3 Å². The molecule has 5 heteroatoms. The average Bonchev–Trinajstić information content (AvgIpc) is 3.05. The van der Waals surface area contributed by atoms with E-state index in [1.54, 1.807) is 26.0 Å². The van der Waals surface area contributed by atoms with E-state index in [1.807, 2.05) is 0 Å². The van der Waals surface area contributed by atoms with Gasteiger partial charge in [-0.05, 0) is 44.4 Å². The van der Waals surface area contributed by atoms with Gasteiger partial charge in [0.2, 0.25) is 0 Å². The van der Waals surface area contributed by atoms with Crippen LogP contribution < -0.4 is 14.7 Å². The molecule has 0 radical (unpaired) electrons. The highest BCUT2D eigenvalue weighted by Crippen LogP contribution is 2.37. The van der Waals surface area contributed by atoms with Crippen LogP contribution in [0.4, 0.5) is 0 Å². The summed E-state index contributed by atoms with van der Waals surface area (Å²) in [6.45, 7) is 14.8. The Labute approximate surface area is 174 Å². The first-order valence-corrected chi connectivity index (χ1v) is 12.0. The lowest BCUT2D eigenvalue weighted by atomic mass is 9.89. The summed E-state index contributed by atoms with van der Waals surface area (Å²) < 4.78 is 2.61. The Morgan fingerprint density at radius 3 is 2.69 bits per heavy atom. The number of nitrogens with zero attached hydrogens (tertiary/aromatic N) is 1. The van der Waals surface area contributed by atoms with Crippen molar-refractivity contribution in [3.8, 4) is 0 Å². The van der Waals surface area contributed by atoms with E-state index in [1.165, 1.54) is 68.5 Å².